The molecule has 1 aromatic heterocycles. The minimum Gasteiger partial charge on any atom is -0.497 e. The molecule has 1 fully saturated rings. The number of nitrogens with one attached hydrogen (secondary N) is 1. The summed E-state index contributed by atoms with van der Waals surface area (Å²) in [6, 6.07) is 8.23. The van der Waals surface area contributed by atoms with E-state index in [4.69, 9.17) is 4.74 Å². The monoisotopic (exact) mass is 344 g/mol. The average molecular weight is 344 g/mol. The zero-order valence-corrected chi connectivity index (χ0v) is 15.1. The maximum Gasteiger partial charge on any atom is 0.225 e. The number of hydrogen-bond acceptors (Lipinski definition) is 4. The minimum atomic E-state index is 0.120. The lowest BCUT2D eigenvalue weighted by molar-refractivity contribution is -0.121. The van der Waals surface area contributed by atoms with E-state index in [9.17, 15) is 4.79 Å². The second kappa shape index (κ2) is 7.79. The molecule has 0 unspecified atom stereocenters. The molecule has 1 heterocycles. The third-order valence-corrected chi connectivity index (χ3v) is 5.73. The first-order valence-corrected chi connectivity index (χ1v) is 9.37. The number of amides is 1. The number of carbonyl (C=O) groups excluding carboxylic acids is 1. The number of thiazole rings is 1. The van der Waals surface area contributed by atoms with Gasteiger partial charge in [-0.2, -0.15) is 0 Å². The van der Waals surface area contributed by atoms with Crippen LogP contribution in [0.15, 0.2) is 24.3 Å². The number of aryl methyl sites for hydroxylation is 1. The molecule has 3 rings (SSSR count). The van der Waals surface area contributed by atoms with Gasteiger partial charge in [0.25, 0.3) is 0 Å². The lowest BCUT2D eigenvalue weighted by atomic mass is 9.95. The van der Waals surface area contributed by atoms with Gasteiger partial charge in [0.05, 0.1) is 19.2 Å². The fraction of sp³-hybridized carbons (Fsp3) is 0.474. The molecule has 1 aliphatic carbocycles. The number of ether oxygens (including phenoxy) is 1. The van der Waals surface area contributed by atoms with E-state index in [1.54, 1.807) is 18.4 Å². The van der Waals surface area contributed by atoms with Gasteiger partial charge in [-0.25, -0.2) is 4.98 Å². The summed E-state index contributed by atoms with van der Waals surface area (Å²) in [5, 5.41) is 4.14. The Balaban J connectivity index is 1.65. The standard InChI is InChI=1S/C19H24N2O2S/c1-13-17(12-18(22)21-15-6-4-3-5-7-15)24-19(20-13)14-8-10-16(23-2)11-9-14/h8-11,15H,3-7,12H2,1-2H3,(H,21,22). The zero-order valence-electron chi connectivity index (χ0n) is 14.3. The summed E-state index contributed by atoms with van der Waals surface area (Å²) in [4.78, 5) is 18.0. The third kappa shape index (κ3) is 4.15. The van der Waals surface area contributed by atoms with E-state index in [-0.39, 0.29) is 5.91 Å². The van der Waals surface area contributed by atoms with Crippen molar-refractivity contribution in [3.05, 3.63) is 34.8 Å². The maximum absolute atomic E-state index is 12.3. The van der Waals surface area contributed by atoms with Crippen molar-refractivity contribution in [3.63, 3.8) is 0 Å². The van der Waals surface area contributed by atoms with Crippen LogP contribution in [0, 0.1) is 6.92 Å². The van der Waals surface area contributed by atoms with Crippen LogP contribution in [0.4, 0.5) is 0 Å². The fourth-order valence-electron chi connectivity index (χ4n) is 3.12. The first-order valence-electron chi connectivity index (χ1n) is 8.56. The number of methoxy groups -OCH3 is 1. The normalized spacial score (nSPS) is 15.2. The van der Waals surface area contributed by atoms with Gasteiger partial charge >= 0.3 is 0 Å². The van der Waals surface area contributed by atoms with Crippen LogP contribution in [0.5, 0.6) is 5.75 Å². The molecule has 1 aromatic carbocycles. The van der Waals surface area contributed by atoms with Crippen molar-refractivity contribution in [2.24, 2.45) is 0 Å². The van der Waals surface area contributed by atoms with Gasteiger partial charge in [-0.05, 0) is 44.0 Å². The summed E-state index contributed by atoms with van der Waals surface area (Å²) < 4.78 is 5.19. The Morgan fingerprint density at radius 1 is 1.25 bits per heavy atom. The number of carbonyl (C=O) groups is 1. The van der Waals surface area contributed by atoms with Crippen LogP contribution in [0.2, 0.25) is 0 Å². The van der Waals surface area contributed by atoms with Crippen molar-refractivity contribution in [3.8, 4) is 16.3 Å². The van der Waals surface area contributed by atoms with Crippen LogP contribution in [-0.4, -0.2) is 24.0 Å². The predicted molar refractivity (Wildman–Crippen MR) is 97.6 cm³/mol. The summed E-state index contributed by atoms with van der Waals surface area (Å²) in [5.74, 6) is 0.953. The summed E-state index contributed by atoms with van der Waals surface area (Å²) in [6.07, 6.45) is 6.41. The SMILES string of the molecule is COc1ccc(-c2nc(C)c(CC(=O)NC3CCCCC3)s2)cc1. The van der Waals surface area contributed by atoms with Crippen molar-refractivity contribution < 1.29 is 9.53 Å². The van der Waals surface area contributed by atoms with Crippen LogP contribution in [0.1, 0.15) is 42.7 Å². The van der Waals surface area contributed by atoms with Gasteiger partial charge in [-0.15, -0.1) is 11.3 Å². The second-order valence-electron chi connectivity index (χ2n) is 6.34. The molecule has 1 amide bonds. The topological polar surface area (TPSA) is 51.2 Å². The summed E-state index contributed by atoms with van der Waals surface area (Å²) in [7, 11) is 1.66. The molecule has 24 heavy (non-hydrogen) atoms. The van der Waals surface area contributed by atoms with Crippen LogP contribution in [0.3, 0.4) is 0 Å². The molecule has 1 N–H and O–H groups in total. The van der Waals surface area contributed by atoms with Gasteiger partial charge in [0.15, 0.2) is 0 Å². The molecule has 1 aliphatic rings. The molecule has 4 nitrogen and oxygen atoms in total. The van der Waals surface area contributed by atoms with E-state index in [0.29, 0.717) is 12.5 Å². The summed E-state index contributed by atoms with van der Waals surface area (Å²) >= 11 is 1.60. The Morgan fingerprint density at radius 2 is 1.96 bits per heavy atom. The largest absolute Gasteiger partial charge is 0.497 e. The lowest BCUT2D eigenvalue weighted by Crippen LogP contribution is -2.37. The Kier molecular flexibility index (Phi) is 5.51. The highest BCUT2D eigenvalue weighted by Gasteiger charge is 2.18. The number of hydrogen-bond donors (Lipinski definition) is 1. The van der Waals surface area contributed by atoms with Crippen molar-refractivity contribution in [2.75, 3.05) is 7.11 Å². The molecule has 128 valence electrons. The first-order chi connectivity index (χ1) is 11.7. The van der Waals surface area contributed by atoms with E-state index < -0.39 is 0 Å². The molecule has 0 saturated heterocycles. The molecule has 2 aromatic rings. The molecule has 0 aliphatic heterocycles. The highest BCUT2D eigenvalue weighted by atomic mass is 32.1. The highest BCUT2D eigenvalue weighted by Crippen LogP contribution is 2.29. The van der Waals surface area contributed by atoms with Crippen molar-refractivity contribution >= 4 is 17.2 Å². The van der Waals surface area contributed by atoms with Gasteiger partial charge in [-0.3, -0.25) is 4.79 Å². The zero-order chi connectivity index (χ0) is 16.9. The fourth-order valence-corrected chi connectivity index (χ4v) is 4.19. The van der Waals surface area contributed by atoms with Gasteiger partial charge in [0.2, 0.25) is 5.91 Å². The van der Waals surface area contributed by atoms with Crippen LogP contribution < -0.4 is 10.1 Å². The summed E-state index contributed by atoms with van der Waals surface area (Å²) in [5.41, 5.74) is 2.01. The molecule has 0 atom stereocenters. The molecule has 5 heteroatoms. The van der Waals surface area contributed by atoms with Crippen LogP contribution in [-0.2, 0) is 11.2 Å². The van der Waals surface area contributed by atoms with Gasteiger partial charge in [0, 0.05) is 16.5 Å². The Bertz CT molecular complexity index is 688. The molecule has 0 radical (unpaired) electrons. The van der Waals surface area contributed by atoms with E-state index in [0.717, 1.165) is 39.7 Å². The highest BCUT2D eigenvalue weighted by molar-refractivity contribution is 7.15. The quantitative estimate of drug-likeness (QED) is 0.888. The van der Waals surface area contributed by atoms with Crippen molar-refractivity contribution in [1.82, 2.24) is 10.3 Å². The molecule has 0 spiro atoms. The average Bonchev–Trinajstić information content (AvgIpc) is 2.96. The van der Waals surface area contributed by atoms with Crippen LogP contribution >= 0.6 is 11.3 Å². The molecular formula is C19H24N2O2S. The molecule has 0 bridgehead atoms. The smallest absolute Gasteiger partial charge is 0.225 e. The Labute approximate surface area is 147 Å². The number of rotatable bonds is 5. The molecular weight excluding hydrogens is 320 g/mol. The van der Waals surface area contributed by atoms with Crippen molar-refractivity contribution in [2.45, 2.75) is 51.5 Å². The summed E-state index contributed by atoms with van der Waals surface area (Å²) in [6.45, 7) is 1.98. The van der Waals surface area contributed by atoms with Crippen molar-refractivity contribution in [1.29, 1.82) is 0 Å². The van der Waals surface area contributed by atoms with Gasteiger partial charge in [-0.1, -0.05) is 19.3 Å². The second-order valence-corrected chi connectivity index (χ2v) is 7.42. The third-order valence-electron chi connectivity index (χ3n) is 4.52. The molecule has 1 saturated carbocycles. The lowest BCUT2D eigenvalue weighted by Gasteiger charge is -2.22. The van der Waals surface area contributed by atoms with E-state index in [1.165, 1.54) is 19.3 Å². The number of nitrogens with zero attached hydrogens (tertiary/aromatic N) is 1. The minimum absolute atomic E-state index is 0.120. The Hall–Kier alpha value is -1.88. The first kappa shape index (κ1) is 17.0. The number of aromatic nitrogens is 1. The van der Waals surface area contributed by atoms with E-state index in [2.05, 4.69) is 10.3 Å². The number of benzene rings is 1. The maximum atomic E-state index is 12.3. The van der Waals surface area contributed by atoms with Gasteiger partial charge in [0.1, 0.15) is 10.8 Å². The van der Waals surface area contributed by atoms with E-state index >= 15 is 0 Å². The van der Waals surface area contributed by atoms with Crippen LogP contribution in [0.25, 0.3) is 10.6 Å². The van der Waals surface area contributed by atoms with Gasteiger partial charge < -0.3 is 10.1 Å². The van der Waals surface area contributed by atoms with E-state index in [1.807, 2.05) is 31.2 Å². The Morgan fingerprint density at radius 3 is 2.62 bits per heavy atom. The predicted octanol–water partition coefficient (Wildman–Crippen LogP) is 4.12.